The first kappa shape index (κ1) is 13.4. The van der Waals surface area contributed by atoms with Crippen molar-refractivity contribution in [2.45, 2.75) is 24.8 Å². The summed E-state index contributed by atoms with van der Waals surface area (Å²) in [6, 6.07) is 13.3. The third-order valence-corrected chi connectivity index (χ3v) is 4.30. The second kappa shape index (κ2) is 5.10. The first-order valence-corrected chi connectivity index (χ1v) is 7.09. The Balaban J connectivity index is 1.85. The van der Waals surface area contributed by atoms with Gasteiger partial charge in [0.2, 0.25) is 0 Å². The van der Waals surface area contributed by atoms with Crippen LogP contribution in [0.1, 0.15) is 40.9 Å². The van der Waals surface area contributed by atoms with E-state index in [0.29, 0.717) is 11.3 Å². The normalized spacial score (nSPS) is 15.8. The van der Waals surface area contributed by atoms with Gasteiger partial charge in [0.15, 0.2) is 0 Å². The highest BCUT2D eigenvalue weighted by atomic mass is 16.2. The summed E-state index contributed by atoms with van der Waals surface area (Å²) < 4.78 is 1.82. The molecule has 0 unspecified atom stereocenters. The molecule has 0 bridgehead atoms. The van der Waals surface area contributed by atoms with E-state index in [1.165, 1.54) is 0 Å². The molecular formula is C17H17N3O. The highest BCUT2D eigenvalue weighted by molar-refractivity contribution is 5.93. The predicted octanol–water partition coefficient (Wildman–Crippen LogP) is 2.71. The van der Waals surface area contributed by atoms with E-state index in [-0.39, 0.29) is 11.4 Å². The minimum Gasteiger partial charge on any atom is -0.347 e. The molecule has 0 spiro atoms. The Kier molecular flexibility index (Phi) is 3.26. The maximum Gasteiger partial charge on any atom is 0.268 e. The number of carbonyl (C=O) groups excluding carboxylic acids is 1. The first-order chi connectivity index (χ1) is 10.1. The molecule has 0 radical (unpaired) electrons. The molecule has 2 aromatic rings. The summed E-state index contributed by atoms with van der Waals surface area (Å²) in [6.45, 7) is 0. The number of rotatable bonds is 3. The fourth-order valence-corrected chi connectivity index (χ4v) is 2.86. The molecule has 1 saturated carbocycles. The average molecular weight is 279 g/mol. The molecule has 4 nitrogen and oxygen atoms in total. The lowest BCUT2D eigenvalue weighted by Crippen LogP contribution is -2.51. The second-order valence-corrected chi connectivity index (χ2v) is 5.58. The van der Waals surface area contributed by atoms with Crippen molar-refractivity contribution in [3.63, 3.8) is 0 Å². The van der Waals surface area contributed by atoms with E-state index in [4.69, 9.17) is 5.26 Å². The molecule has 1 aromatic carbocycles. The third-order valence-electron chi connectivity index (χ3n) is 4.30. The van der Waals surface area contributed by atoms with Crippen LogP contribution in [0.3, 0.4) is 0 Å². The van der Waals surface area contributed by atoms with Crippen molar-refractivity contribution < 1.29 is 4.79 Å². The van der Waals surface area contributed by atoms with E-state index in [1.807, 2.05) is 54.2 Å². The van der Waals surface area contributed by atoms with Crippen molar-refractivity contribution >= 4 is 5.91 Å². The van der Waals surface area contributed by atoms with Crippen molar-refractivity contribution in [1.29, 1.82) is 5.26 Å². The van der Waals surface area contributed by atoms with Crippen LogP contribution in [-0.2, 0) is 12.6 Å². The molecule has 1 aliphatic carbocycles. The fourth-order valence-electron chi connectivity index (χ4n) is 2.86. The lowest BCUT2D eigenvalue weighted by atomic mass is 9.71. The zero-order valence-electron chi connectivity index (χ0n) is 12.0. The lowest BCUT2D eigenvalue weighted by Gasteiger charge is -2.43. The van der Waals surface area contributed by atoms with Gasteiger partial charge in [-0.15, -0.1) is 0 Å². The Morgan fingerprint density at radius 3 is 2.48 bits per heavy atom. The van der Waals surface area contributed by atoms with Crippen LogP contribution in [0.4, 0.5) is 0 Å². The monoisotopic (exact) mass is 279 g/mol. The smallest absolute Gasteiger partial charge is 0.268 e. The topological polar surface area (TPSA) is 57.8 Å². The molecule has 1 heterocycles. The minimum atomic E-state index is -0.282. The van der Waals surface area contributed by atoms with Gasteiger partial charge in [-0.05, 0) is 49.1 Å². The van der Waals surface area contributed by atoms with Crippen LogP contribution in [0.25, 0.3) is 0 Å². The standard InChI is InChI=1S/C17H17N3O/c1-20-11-2-4-15(20)16(21)19-17(9-3-10-17)14-7-5-13(12-18)6-8-14/h2,4-8,11H,3,9-10H2,1H3,(H,19,21). The Morgan fingerprint density at radius 1 is 1.29 bits per heavy atom. The third kappa shape index (κ3) is 2.31. The zero-order chi connectivity index (χ0) is 14.9. The highest BCUT2D eigenvalue weighted by Crippen LogP contribution is 2.41. The van der Waals surface area contributed by atoms with Crippen molar-refractivity contribution in [3.8, 4) is 6.07 Å². The molecule has 1 aromatic heterocycles. The number of amides is 1. The summed E-state index contributed by atoms with van der Waals surface area (Å²) in [4.78, 5) is 12.4. The molecular weight excluding hydrogens is 262 g/mol. The van der Waals surface area contributed by atoms with Gasteiger partial charge in [0.25, 0.3) is 5.91 Å². The molecule has 1 N–H and O–H groups in total. The summed E-state index contributed by atoms with van der Waals surface area (Å²) in [7, 11) is 1.87. The number of aryl methyl sites for hydroxylation is 1. The van der Waals surface area contributed by atoms with E-state index in [0.717, 1.165) is 24.8 Å². The number of nitrogens with one attached hydrogen (secondary N) is 1. The van der Waals surface area contributed by atoms with Crippen LogP contribution >= 0.6 is 0 Å². The number of benzene rings is 1. The number of hydrogen-bond donors (Lipinski definition) is 1. The van der Waals surface area contributed by atoms with Crippen LogP contribution in [-0.4, -0.2) is 10.5 Å². The van der Waals surface area contributed by atoms with Gasteiger partial charge in [-0.2, -0.15) is 5.26 Å². The van der Waals surface area contributed by atoms with E-state index in [1.54, 1.807) is 0 Å². The van der Waals surface area contributed by atoms with E-state index < -0.39 is 0 Å². The SMILES string of the molecule is Cn1cccc1C(=O)NC1(c2ccc(C#N)cc2)CCC1. The maximum absolute atomic E-state index is 12.4. The number of hydrogen-bond acceptors (Lipinski definition) is 2. The van der Waals surface area contributed by atoms with Gasteiger partial charge in [-0.3, -0.25) is 4.79 Å². The Morgan fingerprint density at radius 2 is 2.00 bits per heavy atom. The van der Waals surface area contributed by atoms with E-state index in [9.17, 15) is 4.79 Å². The summed E-state index contributed by atoms with van der Waals surface area (Å²) in [5, 5.41) is 12.1. The summed E-state index contributed by atoms with van der Waals surface area (Å²) in [5.74, 6) is -0.0495. The Bertz CT molecular complexity index is 702. The van der Waals surface area contributed by atoms with Crippen LogP contribution in [0.15, 0.2) is 42.6 Å². The average Bonchev–Trinajstić information content (AvgIpc) is 2.89. The van der Waals surface area contributed by atoms with Gasteiger partial charge in [-0.1, -0.05) is 12.1 Å². The van der Waals surface area contributed by atoms with E-state index >= 15 is 0 Å². The predicted molar refractivity (Wildman–Crippen MR) is 79.6 cm³/mol. The maximum atomic E-state index is 12.4. The minimum absolute atomic E-state index is 0.0495. The molecule has 3 rings (SSSR count). The number of carbonyl (C=O) groups is 1. The molecule has 1 aliphatic rings. The fraction of sp³-hybridized carbons (Fsp3) is 0.294. The molecule has 1 amide bonds. The summed E-state index contributed by atoms with van der Waals surface area (Å²) >= 11 is 0. The molecule has 21 heavy (non-hydrogen) atoms. The second-order valence-electron chi connectivity index (χ2n) is 5.58. The van der Waals surface area contributed by atoms with Gasteiger partial charge in [-0.25, -0.2) is 0 Å². The highest BCUT2D eigenvalue weighted by Gasteiger charge is 2.40. The van der Waals surface area contributed by atoms with Gasteiger partial charge < -0.3 is 9.88 Å². The molecule has 4 heteroatoms. The molecule has 106 valence electrons. The molecule has 0 atom stereocenters. The van der Waals surface area contributed by atoms with Crippen LogP contribution in [0.2, 0.25) is 0 Å². The van der Waals surface area contributed by atoms with Gasteiger partial charge in [0, 0.05) is 13.2 Å². The summed E-state index contributed by atoms with van der Waals surface area (Å²) in [6.07, 6.45) is 4.85. The zero-order valence-corrected chi connectivity index (χ0v) is 12.0. The van der Waals surface area contributed by atoms with Crippen LogP contribution < -0.4 is 5.32 Å². The number of nitriles is 1. The van der Waals surface area contributed by atoms with Crippen molar-refractivity contribution in [1.82, 2.24) is 9.88 Å². The Labute approximate surface area is 124 Å². The van der Waals surface area contributed by atoms with Crippen LogP contribution in [0.5, 0.6) is 0 Å². The van der Waals surface area contributed by atoms with Gasteiger partial charge in [0.05, 0.1) is 17.2 Å². The van der Waals surface area contributed by atoms with Crippen molar-refractivity contribution in [3.05, 3.63) is 59.4 Å². The lowest BCUT2D eigenvalue weighted by molar-refractivity contribution is 0.0815. The Hall–Kier alpha value is -2.54. The van der Waals surface area contributed by atoms with Gasteiger partial charge >= 0.3 is 0 Å². The number of nitrogens with zero attached hydrogens (tertiary/aromatic N) is 2. The molecule has 0 aliphatic heterocycles. The van der Waals surface area contributed by atoms with Gasteiger partial charge in [0.1, 0.15) is 5.69 Å². The largest absolute Gasteiger partial charge is 0.347 e. The van der Waals surface area contributed by atoms with Crippen molar-refractivity contribution in [2.75, 3.05) is 0 Å². The molecule has 1 fully saturated rings. The summed E-state index contributed by atoms with van der Waals surface area (Å²) in [5.41, 5.74) is 2.10. The quantitative estimate of drug-likeness (QED) is 0.939. The first-order valence-electron chi connectivity index (χ1n) is 7.09. The van der Waals surface area contributed by atoms with E-state index in [2.05, 4.69) is 11.4 Å². The molecule has 0 saturated heterocycles. The number of aromatic nitrogens is 1. The van der Waals surface area contributed by atoms with Crippen molar-refractivity contribution in [2.24, 2.45) is 7.05 Å². The van der Waals surface area contributed by atoms with Crippen LogP contribution in [0, 0.1) is 11.3 Å².